The van der Waals surface area contributed by atoms with Crippen molar-refractivity contribution in [3.63, 3.8) is 0 Å². The van der Waals surface area contributed by atoms with E-state index in [4.69, 9.17) is 9.15 Å². The van der Waals surface area contributed by atoms with Gasteiger partial charge in [-0.3, -0.25) is 0 Å². The van der Waals surface area contributed by atoms with E-state index in [1.54, 1.807) is 0 Å². The molecule has 1 aromatic rings. The van der Waals surface area contributed by atoms with Crippen LogP contribution in [0.3, 0.4) is 0 Å². The van der Waals surface area contributed by atoms with Crippen molar-refractivity contribution < 1.29 is 14.3 Å². The van der Waals surface area contributed by atoms with Crippen molar-refractivity contribution in [3.05, 3.63) is 17.4 Å². The lowest BCUT2D eigenvalue weighted by molar-refractivity contribution is 0.172. The Kier molecular flexibility index (Phi) is 3.86. The lowest BCUT2D eigenvalue weighted by Crippen LogP contribution is -2.36. The summed E-state index contributed by atoms with van der Waals surface area (Å²) in [5.41, 5.74) is 0.581. The monoisotopic (exact) mass is 295 g/mol. The highest BCUT2D eigenvalue weighted by molar-refractivity contribution is 6.87. The van der Waals surface area contributed by atoms with E-state index < -0.39 is 14.2 Å². The molecule has 4 nitrogen and oxygen atoms in total. The fraction of sp³-hybridized carbons (Fsp3) is 0.667. The quantitative estimate of drug-likeness (QED) is 0.869. The molecule has 20 heavy (non-hydrogen) atoms. The van der Waals surface area contributed by atoms with E-state index in [0.29, 0.717) is 24.7 Å². The first-order chi connectivity index (χ1) is 9.14. The summed E-state index contributed by atoms with van der Waals surface area (Å²) in [6, 6.07) is 1.99. The molecule has 0 amide bonds. The molecular weight excluding hydrogens is 270 g/mol. The van der Waals surface area contributed by atoms with Gasteiger partial charge in [-0.1, -0.05) is 26.6 Å². The molecule has 1 aliphatic heterocycles. The van der Waals surface area contributed by atoms with E-state index in [2.05, 4.69) is 24.6 Å². The molecule has 2 heterocycles. The van der Waals surface area contributed by atoms with Crippen molar-refractivity contribution >= 4 is 19.4 Å². The number of aliphatic imine (C=N–C) groups is 1. The van der Waals surface area contributed by atoms with E-state index in [-0.39, 0.29) is 5.54 Å². The van der Waals surface area contributed by atoms with Crippen LogP contribution in [-0.2, 0) is 4.74 Å². The predicted molar refractivity (Wildman–Crippen MR) is 83.5 cm³/mol. The van der Waals surface area contributed by atoms with Gasteiger partial charge in [-0.2, -0.15) is 0 Å². The zero-order valence-electron chi connectivity index (χ0n) is 13.3. The third kappa shape index (κ3) is 2.98. The van der Waals surface area contributed by atoms with Crippen LogP contribution in [0.15, 0.2) is 15.5 Å². The fourth-order valence-electron chi connectivity index (χ4n) is 2.11. The Morgan fingerprint density at radius 3 is 2.50 bits per heavy atom. The molecule has 0 spiro atoms. The number of hydrogen-bond acceptors (Lipinski definition) is 4. The van der Waals surface area contributed by atoms with Gasteiger partial charge in [0, 0.05) is 5.56 Å². The predicted octanol–water partition coefficient (Wildman–Crippen LogP) is 2.82. The molecule has 1 aromatic heterocycles. The van der Waals surface area contributed by atoms with E-state index in [9.17, 15) is 5.11 Å². The van der Waals surface area contributed by atoms with E-state index in [1.807, 2.05) is 26.8 Å². The Labute approximate surface area is 121 Å². The average molecular weight is 295 g/mol. The fourth-order valence-corrected chi connectivity index (χ4v) is 3.11. The third-order valence-electron chi connectivity index (χ3n) is 3.41. The highest BCUT2D eigenvalue weighted by Crippen LogP contribution is 2.28. The SMILES string of the molecule is CCC(O)c1cc([Si](C)(C)C)oc1C1=NC(C)(C)CO1. The average Bonchev–Trinajstić information content (AvgIpc) is 2.90. The number of ether oxygens (including phenoxy) is 1. The maximum atomic E-state index is 10.2. The number of furan rings is 1. The molecule has 0 fully saturated rings. The summed E-state index contributed by atoms with van der Waals surface area (Å²) in [6.45, 7) is 13.2. The summed E-state index contributed by atoms with van der Waals surface area (Å²) in [7, 11) is -1.58. The van der Waals surface area contributed by atoms with Crippen molar-refractivity contribution in [1.29, 1.82) is 0 Å². The first-order valence-corrected chi connectivity index (χ1v) is 10.7. The van der Waals surface area contributed by atoms with Gasteiger partial charge in [-0.25, -0.2) is 4.99 Å². The summed E-state index contributed by atoms with van der Waals surface area (Å²) in [5.74, 6) is 1.14. The molecule has 112 valence electrons. The van der Waals surface area contributed by atoms with E-state index in [0.717, 1.165) is 10.9 Å². The minimum absolute atomic E-state index is 0.226. The summed E-state index contributed by atoms with van der Waals surface area (Å²) >= 11 is 0. The standard InChI is InChI=1S/C15H25NO3Si/c1-7-11(17)10-8-12(20(4,5)6)19-13(10)14-16-15(2,3)9-18-14/h8,11,17H,7,9H2,1-6H3. The van der Waals surface area contributed by atoms with Crippen molar-refractivity contribution in [2.45, 2.75) is 58.5 Å². The van der Waals surface area contributed by atoms with Crippen LogP contribution in [0.25, 0.3) is 0 Å². The topological polar surface area (TPSA) is 55.0 Å². The van der Waals surface area contributed by atoms with Gasteiger partial charge in [0.25, 0.3) is 5.90 Å². The maximum Gasteiger partial charge on any atom is 0.254 e. The molecule has 0 saturated heterocycles. The lowest BCUT2D eigenvalue weighted by atomic mass is 10.1. The van der Waals surface area contributed by atoms with Crippen LogP contribution >= 0.6 is 0 Å². The molecular formula is C15H25NO3Si. The van der Waals surface area contributed by atoms with Crippen molar-refractivity contribution in [3.8, 4) is 0 Å². The van der Waals surface area contributed by atoms with E-state index in [1.165, 1.54) is 0 Å². The Balaban J connectivity index is 2.49. The highest BCUT2D eigenvalue weighted by atomic mass is 28.3. The summed E-state index contributed by atoms with van der Waals surface area (Å²) in [5, 5.41) is 11.2. The molecule has 2 rings (SSSR count). The Morgan fingerprint density at radius 1 is 1.40 bits per heavy atom. The van der Waals surface area contributed by atoms with Crippen LogP contribution in [0.1, 0.15) is 44.6 Å². The van der Waals surface area contributed by atoms with Crippen molar-refractivity contribution in [2.24, 2.45) is 4.99 Å². The molecule has 0 aliphatic carbocycles. The van der Waals surface area contributed by atoms with Gasteiger partial charge >= 0.3 is 0 Å². The molecule has 0 aromatic carbocycles. The van der Waals surface area contributed by atoms with Crippen molar-refractivity contribution in [2.75, 3.05) is 6.61 Å². The van der Waals surface area contributed by atoms with Crippen LogP contribution in [0, 0.1) is 0 Å². The summed E-state index contributed by atoms with van der Waals surface area (Å²) < 4.78 is 11.7. The van der Waals surface area contributed by atoms with Crippen LogP contribution in [0.2, 0.25) is 19.6 Å². The minimum Gasteiger partial charge on any atom is -0.473 e. The number of aliphatic hydroxyl groups is 1. The van der Waals surface area contributed by atoms with Gasteiger partial charge < -0.3 is 14.3 Å². The normalized spacial score (nSPS) is 19.6. The number of rotatable bonds is 4. The second-order valence-electron chi connectivity index (χ2n) is 7.09. The largest absolute Gasteiger partial charge is 0.473 e. The highest BCUT2D eigenvalue weighted by Gasteiger charge is 2.33. The second kappa shape index (κ2) is 5.04. The van der Waals surface area contributed by atoms with Gasteiger partial charge in [-0.15, -0.1) is 0 Å². The first-order valence-electron chi connectivity index (χ1n) is 7.19. The van der Waals surface area contributed by atoms with Crippen LogP contribution in [-0.4, -0.2) is 31.2 Å². The van der Waals surface area contributed by atoms with Gasteiger partial charge in [0.2, 0.25) is 0 Å². The minimum atomic E-state index is -1.58. The van der Waals surface area contributed by atoms with Gasteiger partial charge in [0.05, 0.1) is 17.0 Å². The van der Waals surface area contributed by atoms with Gasteiger partial charge in [0.1, 0.15) is 14.7 Å². The summed E-state index contributed by atoms with van der Waals surface area (Å²) in [4.78, 5) is 4.57. The molecule has 1 unspecified atom stereocenters. The molecule has 0 saturated carbocycles. The van der Waals surface area contributed by atoms with E-state index >= 15 is 0 Å². The maximum absolute atomic E-state index is 10.2. The lowest BCUT2D eigenvalue weighted by Gasteiger charge is -2.10. The molecule has 1 aliphatic rings. The Bertz CT molecular complexity index is 526. The van der Waals surface area contributed by atoms with Crippen LogP contribution in [0.4, 0.5) is 0 Å². The smallest absolute Gasteiger partial charge is 0.254 e. The number of hydrogen-bond donors (Lipinski definition) is 1. The molecule has 0 bridgehead atoms. The third-order valence-corrected chi connectivity index (χ3v) is 5.13. The number of aliphatic hydroxyl groups excluding tert-OH is 1. The molecule has 1 N–H and O–H groups in total. The zero-order valence-corrected chi connectivity index (χ0v) is 14.3. The molecule has 0 radical (unpaired) electrons. The van der Waals surface area contributed by atoms with Crippen LogP contribution in [0.5, 0.6) is 0 Å². The van der Waals surface area contributed by atoms with Crippen LogP contribution < -0.4 is 5.38 Å². The molecule has 1 atom stereocenters. The number of nitrogens with zero attached hydrogens (tertiary/aromatic N) is 1. The Morgan fingerprint density at radius 2 is 2.05 bits per heavy atom. The summed E-state index contributed by atoms with van der Waals surface area (Å²) in [6.07, 6.45) is 0.114. The molecule has 5 heteroatoms. The zero-order chi connectivity index (χ0) is 15.1. The van der Waals surface area contributed by atoms with Gasteiger partial charge in [-0.05, 0) is 26.3 Å². The first kappa shape index (κ1) is 15.3. The second-order valence-corrected chi connectivity index (χ2v) is 12.1. The van der Waals surface area contributed by atoms with Gasteiger partial charge in [0.15, 0.2) is 5.76 Å². The Hall–Kier alpha value is -1.07. The van der Waals surface area contributed by atoms with Crippen molar-refractivity contribution in [1.82, 2.24) is 0 Å².